The maximum Gasteiger partial charge on any atom is 0.271 e. The Labute approximate surface area is 145 Å². The molecule has 8 heteroatoms. The van der Waals surface area contributed by atoms with E-state index >= 15 is 0 Å². The van der Waals surface area contributed by atoms with Crippen LogP contribution in [0.3, 0.4) is 0 Å². The highest BCUT2D eigenvalue weighted by atomic mass is 79.9. The summed E-state index contributed by atoms with van der Waals surface area (Å²) in [5.74, 6) is 0. The molecule has 2 aromatic rings. The molecule has 0 spiro atoms. The van der Waals surface area contributed by atoms with Gasteiger partial charge in [0, 0.05) is 13.8 Å². The average molecular weight is 454 g/mol. The minimum Gasteiger partial charge on any atom is -0.319 e. The lowest BCUT2D eigenvalue weighted by atomic mass is 10.3. The molecule has 0 saturated heterocycles. The Morgan fingerprint density at radius 3 is 2.67 bits per heavy atom. The smallest absolute Gasteiger partial charge is 0.271 e. The molecule has 0 radical (unpaired) electrons. The van der Waals surface area contributed by atoms with E-state index in [-0.39, 0.29) is 0 Å². The monoisotopic (exact) mass is 452 g/mol. The van der Waals surface area contributed by atoms with Gasteiger partial charge in [-0.05, 0) is 66.3 Å². The number of halogens is 2. The zero-order chi connectivity index (χ0) is 15.5. The largest absolute Gasteiger partial charge is 0.319 e. The van der Waals surface area contributed by atoms with E-state index in [0.717, 1.165) is 22.3 Å². The molecule has 0 unspecified atom stereocenters. The van der Waals surface area contributed by atoms with E-state index in [4.69, 9.17) is 0 Å². The molecule has 0 atom stereocenters. The summed E-state index contributed by atoms with van der Waals surface area (Å²) in [6.45, 7) is 0.824. The van der Waals surface area contributed by atoms with E-state index in [1.807, 2.05) is 19.2 Å². The van der Waals surface area contributed by atoms with Gasteiger partial charge in [-0.2, -0.15) is 0 Å². The molecule has 0 amide bonds. The van der Waals surface area contributed by atoms with Crippen LogP contribution in [0.4, 0.5) is 5.69 Å². The molecular formula is C13H14Br2N2O2S2. The molecular weight excluding hydrogens is 440 g/mol. The Hall–Kier alpha value is -0.410. The zero-order valence-corrected chi connectivity index (χ0v) is 16.0. The molecule has 4 nitrogen and oxygen atoms in total. The fraction of sp³-hybridized carbons (Fsp3) is 0.231. The van der Waals surface area contributed by atoms with Gasteiger partial charge in [0.15, 0.2) is 0 Å². The van der Waals surface area contributed by atoms with Crippen LogP contribution in [0, 0.1) is 0 Å². The molecule has 1 aromatic heterocycles. The molecule has 0 aliphatic heterocycles. The molecule has 2 N–H and O–H groups in total. The third-order valence-electron chi connectivity index (χ3n) is 2.70. The first kappa shape index (κ1) is 17.0. The van der Waals surface area contributed by atoms with E-state index in [1.165, 1.54) is 11.3 Å². The average Bonchev–Trinajstić information content (AvgIpc) is 2.90. The Morgan fingerprint density at radius 1 is 1.19 bits per heavy atom. The van der Waals surface area contributed by atoms with Crippen LogP contribution in [0.25, 0.3) is 0 Å². The highest BCUT2D eigenvalue weighted by Crippen LogP contribution is 2.30. The number of rotatable bonds is 6. The van der Waals surface area contributed by atoms with Crippen LogP contribution in [-0.4, -0.2) is 22.0 Å². The van der Waals surface area contributed by atoms with Crippen molar-refractivity contribution in [1.29, 1.82) is 0 Å². The van der Waals surface area contributed by atoms with Crippen LogP contribution in [0.5, 0.6) is 0 Å². The Kier molecular flexibility index (Phi) is 5.84. The second kappa shape index (κ2) is 7.23. The van der Waals surface area contributed by atoms with Crippen LogP contribution in [0.2, 0.25) is 0 Å². The van der Waals surface area contributed by atoms with Gasteiger partial charge in [-0.15, -0.1) is 11.3 Å². The number of anilines is 1. The molecule has 0 bridgehead atoms. The minimum absolute atomic E-state index is 0.320. The van der Waals surface area contributed by atoms with Crippen LogP contribution in [0.15, 0.2) is 43.5 Å². The third kappa shape index (κ3) is 4.53. The number of hydrogen-bond donors (Lipinski definition) is 2. The maximum absolute atomic E-state index is 12.4. The van der Waals surface area contributed by atoms with Gasteiger partial charge >= 0.3 is 0 Å². The van der Waals surface area contributed by atoms with Crippen molar-refractivity contribution in [2.24, 2.45) is 0 Å². The number of nitrogens with one attached hydrogen (secondary N) is 2. The fourth-order valence-electron chi connectivity index (χ4n) is 1.66. The van der Waals surface area contributed by atoms with Crippen LogP contribution in [-0.2, 0) is 16.4 Å². The second-order valence-electron chi connectivity index (χ2n) is 4.30. The van der Waals surface area contributed by atoms with Crippen LogP contribution >= 0.6 is 43.2 Å². The summed E-state index contributed by atoms with van der Waals surface area (Å²) >= 11 is 7.97. The van der Waals surface area contributed by atoms with Gasteiger partial charge in [-0.1, -0.05) is 15.9 Å². The van der Waals surface area contributed by atoms with Gasteiger partial charge in [0.25, 0.3) is 10.0 Å². The van der Waals surface area contributed by atoms with E-state index in [0.29, 0.717) is 14.4 Å². The summed E-state index contributed by atoms with van der Waals surface area (Å²) in [7, 11) is -1.69. The SMILES string of the molecule is CNCCc1ccc(S(=O)(=O)Nc2cc(Br)ccc2Br)s1. The highest BCUT2D eigenvalue weighted by molar-refractivity contribution is 9.11. The predicted molar refractivity (Wildman–Crippen MR) is 94.6 cm³/mol. The van der Waals surface area contributed by atoms with Gasteiger partial charge < -0.3 is 5.32 Å². The number of thiophene rings is 1. The second-order valence-corrected chi connectivity index (χ2v) is 9.15. The van der Waals surface area contributed by atoms with Gasteiger partial charge in [-0.3, -0.25) is 4.72 Å². The van der Waals surface area contributed by atoms with Crippen LogP contribution < -0.4 is 10.0 Å². The lowest BCUT2D eigenvalue weighted by molar-refractivity contribution is 0.603. The van der Waals surface area contributed by atoms with Crippen molar-refractivity contribution in [2.45, 2.75) is 10.6 Å². The molecule has 0 aliphatic rings. The van der Waals surface area contributed by atoms with E-state index in [2.05, 4.69) is 41.9 Å². The molecule has 2 rings (SSSR count). The standard InChI is InChI=1S/C13H14Br2N2O2S2/c1-16-7-6-10-3-5-13(20-10)21(18,19)17-12-8-9(14)2-4-11(12)15/h2-5,8,16-17H,6-7H2,1H3. The first-order valence-corrected chi connectivity index (χ1v) is 10.0. The maximum atomic E-state index is 12.4. The molecule has 114 valence electrons. The summed E-state index contributed by atoms with van der Waals surface area (Å²) in [6, 6.07) is 8.84. The Balaban J connectivity index is 2.22. The predicted octanol–water partition coefficient (Wildman–Crippen LogP) is 3.84. The van der Waals surface area contributed by atoms with E-state index < -0.39 is 10.0 Å². The van der Waals surface area contributed by atoms with Gasteiger partial charge in [0.05, 0.1) is 5.69 Å². The molecule has 0 aliphatic carbocycles. The topological polar surface area (TPSA) is 58.2 Å². The first-order valence-electron chi connectivity index (χ1n) is 6.13. The van der Waals surface area contributed by atoms with Crippen molar-refractivity contribution in [2.75, 3.05) is 18.3 Å². The number of likely N-dealkylation sites (N-methyl/N-ethyl adjacent to an activating group) is 1. The van der Waals surface area contributed by atoms with Gasteiger partial charge in [0.2, 0.25) is 0 Å². The van der Waals surface area contributed by atoms with E-state index in [9.17, 15) is 8.42 Å². The normalized spacial score (nSPS) is 11.6. The van der Waals surface area contributed by atoms with Crippen molar-refractivity contribution in [1.82, 2.24) is 5.32 Å². The summed E-state index contributed by atoms with van der Waals surface area (Å²) in [5, 5.41) is 3.05. The molecule has 1 aromatic carbocycles. The van der Waals surface area contributed by atoms with Crippen molar-refractivity contribution >= 4 is 58.9 Å². The zero-order valence-electron chi connectivity index (χ0n) is 11.2. The van der Waals surface area contributed by atoms with Gasteiger partial charge in [0.1, 0.15) is 4.21 Å². The van der Waals surface area contributed by atoms with Crippen LogP contribution in [0.1, 0.15) is 4.88 Å². The Bertz CT molecular complexity index is 730. The molecule has 1 heterocycles. The Morgan fingerprint density at radius 2 is 1.95 bits per heavy atom. The molecule has 0 fully saturated rings. The van der Waals surface area contributed by atoms with Gasteiger partial charge in [-0.25, -0.2) is 8.42 Å². The molecule has 21 heavy (non-hydrogen) atoms. The van der Waals surface area contributed by atoms with Crippen molar-refractivity contribution < 1.29 is 8.42 Å². The lowest BCUT2D eigenvalue weighted by Gasteiger charge is -2.08. The number of benzene rings is 1. The van der Waals surface area contributed by atoms with Crippen molar-refractivity contribution in [3.63, 3.8) is 0 Å². The summed E-state index contributed by atoms with van der Waals surface area (Å²) in [5.41, 5.74) is 0.509. The van der Waals surface area contributed by atoms with Crippen molar-refractivity contribution in [3.8, 4) is 0 Å². The number of sulfonamides is 1. The lowest BCUT2D eigenvalue weighted by Crippen LogP contribution is -2.12. The van der Waals surface area contributed by atoms with Crippen molar-refractivity contribution in [3.05, 3.63) is 44.2 Å². The first-order chi connectivity index (χ1) is 9.92. The quantitative estimate of drug-likeness (QED) is 0.698. The summed E-state index contributed by atoms with van der Waals surface area (Å²) in [4.78, 5) is 1.04. The third-order valence-corrected chi connectivity index (χ3v) is 6.88. The highest BCUT2D eigenvalue weighted by Gasteiger charge is 2.18. The summed E-state index contributed by atoms with van der Waals surface area (Å²) < 4.78 is 29.2. The minimum atomic E-state index is -3.56. The fourth-order valence-corrected chi connectivity index (χ4v) is 4.92. The van der Waals surface area contributed by atoms with E-state index in [1.54, 1.807) is 18.2 Å². The summed E-state index contributed by atoms with van der Waals surface area (Å²) in [6.07, 6.45) is 0.817. The number of hydrogen-bond acceptors (Lipinski definition) is 4. The molecule has 0 saturated carbocycles.